The largest absolute Gasteiger partial charge is 0.378 e. The smallest absolute Gasteiger partial charge is 0.125 e. The molecule has 0 saturated heterocycles. The zero-order valence-corrected chi connectivity index (χ0v) is 10.5. The highest BCUT2D eigenvalue weighted by atomic mass is 16.3. The number of hydrogen-bond donors (Lipinski definition) is 1. The fourth-order valence-corrected chi connectivity index (χ4v) is 3.09. The molecule has 0 heterocycles. The number of rotatable bonds is 2. The van der Waals surface area contributed by atoms with E-state index in [1.165, 1.54) is 0 Å². The average Bonchev–Trinajstić information content (AvgIpc) is 2.18. The highest BCUT2D eigenvalue weighted by molar-refractivity contribution is 5.11. The SMILES string of the molecule is C#CC1(O)CCC(C(C)C)(C(C)C)CC1. The van der Waals surface area contributed by atoms with Gasteiger partial charge in [0.1, 0.15) is 5.60 Å². The Morgan fingerprint density at radius 2 is 1.40 bits per heavy atom. The van der Waals surface area contributed by atoms with Gasteiger partial charge in [-0.15, -0.1) is 6.42 Å². The molecule has 1 fully saturated rings. The molecular weight excluding hydrogens is 184 g/mol. The molecule has 1 nitrogen and oxygen atoms in total. The van der Waals surface area contributed by atoms with Crippen LogP contribution in [0, 0.1) is 29.6 Å². The van der Waals surface area contributed by atoms with E-state index in [-0.39, 0.29) is 0 Å². The summed E-state index contributed by atoms with van der Waals surface area (Å²) < 4.78 is 0. The summed E-state index contributed by atoms with van der Waals surface area (Å²) in [4.78, 5) is 0. The predicted molar refractivity (Wildman–Crippen MR) is 64.4 cm³/mol. The molecule has 0 radical (unpaired) electrons. The van der Waals surface area contributed by atoms with Crippen molar-refractivity contribution in [3.05, 3.63) is 0 Å². The van der Waals surface area contributed by atoms with Gasteiger partial charge in [0.2, 0.25) is 0 Å². The van der Waals surface area contributed by atoms with Crippen molar-refractivity contribution in [2.45, 2.75) is 59.0 Å². The lowest BCUT2D eigenvalue weighted by Crippen LogP contribution is -2.43. The third-order valence-corrected chi connectivity index (χ3v) is 4.58. The second kappa shape index (κ2) is 4.18. The molecule has 86 valence electrons. The van der Waals surface area contributed by atoms with Crippen molar-refractivity contribution in [1.29, 1.82) is 0 Å². The van der Waals surface area contributed by atoms with Crippen LogP contribution in [-0.4, -0.2) is 10.7 Å². The third-order valence-electron chi connectivity index (χ3n) is 4.58. The molecule has 1 rings (SSSR count). The van der Waals surface area contributed by atoms with Crippen LogP contribution < -0.4 is 0 Å². The standard InChI is InChI=1S/C14H24O/c1-6-13(15)7-9-14(10-8-13,11(2)3)12(4)5/h1,11-12,15H,7-10H2,2-5H3. The topological polar surface area (TPSA) is 20.2 Å². The van der Waals surface area contributed by atoms with Crippen LogP contribution in [0.5, 0.6) is 0 Å². The van der Waals surface area contributed by atoms with E-state index in [1.54, 1.807) is 0 Å². The lowest BCUT2D eigenvalue weighted by Gasteiger charge is -2.48. The molecule has 0 atom stereocenters. The minimum atomic E-state index is -0.826. The average molecular weight is 208 g/mol. The molecule has 1 aliphatic rings. The highest BCUT2D eigenvalue weighted by Crippen LogP contribution is 2.50. The van der Waals surface area contributed by atoms with Crippen molar-refractivity contribution in [2.75, 3.05) is 0 Å². The first kappa shape index (κ1) is 12.6. The molecule has 0 aromatic heterocycles. The molecule has 0 spiro atoms. The summed E-state index contributed by atoms with van der Waals surface area (Å²) in [5.74, 6) is 3.88. The van der Waals surface area contributed by atoms with Crippen LogP contribution in [0.1, 0.15) is 53.4 Å². The van der Waals surface area contributed by atoms with Crippen molar-refractivity contribution < 1.29 is 5.11 Å². The van der Waals surface area contributed by atoms with Gasteiger partial charge < -0.3 is 5.11 Å². The molecule has 0 aromatic rings. The van der Waals surface area contributed by atoms with Gasteiger partial charge in [0.25, 0.3) is 0 Å². The molecule has 15 heavy (non-hydrogen) atoms. The van der Waals surface area contributed by atoms with Crippen LogP contribution >= 0.6 is 0 Å². The normalized spacial score (nSPS) is 24.1. The predicted octanol–water partition coefficient (Wildman–Crippen LogP) is 3.22. The highest BCUT2D eigenvalue weighted by Gasteiger charge is 2.44. The second-order valence-corrected chi connectivity index (χ2v) is 5.72. The molecule has 0 aliphatic heterocycles. The van der Waals surface area contributed by atoms with Gasteiger partial charge >= 0.3 is 0 Å². The zero-order valence-electron chi connectivity index (χ0n) is 10.5. The molecule has 0 bridgehead atoms. The molecule has 1 aliphatic carbocycles. The van der Waals surface area contributed by atoms with Gasteiger partial charge in [-0.05, 0) is 42.9 Å². The van der Waals surface area contributed by atoms with Crippen molar-refractivity contribution >= 4 is 0 Å². The van der Waals surface area contributed by atoms with Crippen LogP contribution in [0.4, 0.5) is 0 Å². The van der Waals surface area contributed by atoms with E-state index >= 15 is 0 Å². The van der Waals surface area contributed by atoms with Gasteiger partial charge in [-0.3, -0.25) is 0 Å². The lowest BCUT2D eigenvalue weighted by atomic mass is 9.58. The number of hydrogen-bond acceptors (Lipinski definition) is 1. The zero-order chi connectivity index (χ0) is 11.7. The Labute approximate surface area is 94.3 Å². The van der Waals surface area contributed by atoms with Crippen LogP contribution in [0.25, 0.3) is 0 Å². The minimum Gasteiger partial charge on any atom is -0.378 e. The van der Waals surface area contributed by atoms with Gasteiger partial charge in [-0.25, -0.2) is 0 Å². The summed E-state index contributed by atoms with van der Waals surface area (Å²) in [6.45, 7) is 9.17. The lowest BCUT2D eigenvalue weighted by molar-refractivity contribution is -0.0311. The first-order valence-electron chi connectivity index (χ1n) is 6.06. The van der Waals surface area contributed by atoms with Gasteiger partial charge in [0, 0.05) is 0 Å². The van der Waals surface area contributed by atoms with Crippen molar-refractivity contribution in [3.63, 3.8) is 0 Å². The van der Waals surface area contributed by atoms with Gasteiger partial charge in [-0.2, -0.15) is 0 Å². The monoisotopic (exact) mass is 208 g/mol. The Kier molecular flexibility index (Phi) is 3.51. The Balaban J connectivity index is 2.80. The molecule has 1 N–H and O–H groups in total. The van der Waals surface area contributed by atoms with Crippen LogP contribution in [-0.2, 0) is 0 Å². The summed E-state index contributed by atoms with van der Waals surface area (Å²) in [6.07, 6.45) is 9.02. The van der Waals surface area contributed by atoms with E-state index in [4.69, 9.17) is 6.42 Å². The summed E-state index contributed by atoms with van der Waals surface area (Å²) >= 11 is 0. The van der Waals surface area contributed by atoms with Gasteiger partial charge in [0.05, 0.1) is 0 Å². The van der Waals surface area contributed by atoms with Gasteiger partial charge in [0.15, 0.2) is 0 Å². The van der Waals surface area contributed by atoms with Crippen molar-refractivity contribution in [1.82, 2.24) is 0 Å². The summed E-state index contributed by atoms with van der Waals surface area (Å²) in [5.41, 5.74) is -0.448. The Bertz CT molecular complexity index is 239. The number of aliphatic hydroxyl groups is 1. The van der Waals surface area contributed by atoms with E-state index in [0.717, 1.165) is 25.7 Å². The molecular formula is C14H24O. The Morgan fingerprint density at radius 3 is 1.67 bits per heavy atom. The van der Waals surface area contributed by atoms with E-state index in [0.29, 0.717) is 17.3 Å². The minimum absolute atomic E-state index is 0.378. The first-order valence-corrected chi connectivity index (χ1v) is 6.06. The van der Waals surface area contributed by atoms with E-state index in [1.807, 2.05) is 0 Å². The van der Waals surface area contributed by atoms with E-state index < -0.39 is 5.60 Å². The van der Waals surface area contributed by atoms with Crippen molar-refractivity contribution in [3.8, 4) is 12.3 Å². The van der Waals surface area contributed by atoms with E-state index in [9.17, 15) is 5.11 Å². The number of terminal acetylenes is 1. The van der Waals surface area contributed by atoms with Crippen LogP contribution in [0.15, 0.2) is 0 Å². The van der Waals surface area contributed by atoms with Crippen LogP contribution in [0.2, 0.25) is 0 Å². The summed E-state index contributed by atoms with van der Waals surface area (Å²) in [5, 5.41) is 10.0. The van der Waals surface area contributed by atoms with Gasteiger partial charge in [-0.1, -0.05) is 33.6 Å². The quantitative estimate of drug-likeness (QED) is 0.691. The molecule has 0 aromatic carbocycles. The first-order chi connectivity index (χ1) is 6.86. The Hall–Kier alpha value is -0.480. The molecule has 0 unspecified atom stereocenters. The third kappa shape index (κ3) is 2.21. The molecule has 0 amide bonds. The van der Waals surface area contributed by atoms with Crippen molar-refractivity contribution in [2.24, 2.45) is 17.3 Å². The maximum atomic E-state index is 10.0. The Morgan fingerprint density at radius 1 is 1.00 bits per heavy atom. The maximum absolute atomic E-state index is 10.0. The summed E-state index contributed by atoms with van der Waals surface area (Å²) in [7, 11) is 0. The fraction of sp³-hybridized carbons (Fsp3) is 0.857. The summed E-state index contributed by atoms with van der Waals surface area (Å²) in [6, 6.07) is 0. The maximum Gasteiger partial charge on any atom is 0.125 e. The fourth-order valence-electron chi connectivity index (χ4n) is 3.09. The van der Waals surface area contributed by atoms with Crippen LogP contribution in [0.3, 0.4) is 0 Å². The molecule has 1 saturated carbocycles. The molecule has 1 heteroatoms. The second-order valence-electron chi connectivity index (χ2n) is 5.72. The van der Waals surface area contributed by atoms with E-state index in [2.05, 4.69) is 33.6 Å².